The summed E-state index contributed by atoms with van der Waals surface area (Å²) in [4.78, 5) is 24.3. The first-order valence-corrected chi connectivity index (χ1v) is 7.26. The maximum Gasteiger partial charge on any atom is 0.335 e. The zero-order chi connectivity index (χ0) is 14.1. The van der Waals surface area contributed by atoms with Crippen molar-refractivity contribution in [3.8, 4) is 0 Å². The van der Waals surface area contributed by atoms with E-state index >= 15 is 0 Å². The third-order valence-corrected chi connectivity index (χ3v) is 6.13. The van der Waals surface area contributed by atoms with Crippen LogP contribution in [0.15, 0.2) is 11.6 Å². The Balaban J connectivity index is 2.22. The van der Waals surface area contributed by atoms with Gasteiger partial charge >= 0.3 is 5.97 Å². The fraction of sp³-hybridized carbons (Fsp3) is 0.733. The SMILES string of the molecule is CC12CCC3(CC1Cl)C(=CC(=O)CC3(C)C)C(=O)O2. The minimum atomic E-state index is -0.596. The van der Waals surface area contributed by atoms with Crippen molar-refractivity contribution in [3.05, 3.63) is 11.6 Å². The zero-order valence-electron chi connectivity index (χ0n) is 11.6. The number of rotatable bonds is 0. The van der Waals surface area contributed by atoms with Gasteiger partial charge in [0.1, 0.15) is 5.60 Å². The summed E-state index contributed by atoms with van der Waals surface area (Å²) in [7, 11) is 0. The summed E-state index contributed by atoms with van der Waals surface area (Å²) in [6.07, 6.45) is 4.33. The molecule has 0 aromatic rings. The van der Waals surface area contributed by atoms with Gasteiger partial charge in [-0.1, -0.05) is 13.8 Å². The van der Waals surface area contributed by atoms with Crippen LogP contribution in [0.2, 0.25) is 0 Å². The Bertz CT molecular complexity index is 508. The van der Waals surface area contributed by atoms with Crippen LogP contribution in [0.5, 0.6) is 0 Å². The summed E-state index contributed by atoms with van der Waals surface area (Å²) in [6, 6.07) is 0. The van der Waals surface area contributed by atoms with Crippen LogP contribution in [0.25, 0.3) is 0 Å². The first-order chi connectivity index (χ1) is 8.70. The molecular weight excluding hydrogens is 264 g/mol. The monoisotopic (exact) mass is 282 g/mol. The number of carbonyl (C=O) groups is 2. The van der Waals surface area contributed by atoms with Gasteiger partial charge in [0, 0.05) is 17.4 Å². The van der Waals surface area contributed by atoms with E-state index in [-0.39, 0.29) is 28.0 Å². The molecule has 4 aliphatic rings. The molecule has 0 radical (unpaired) electrons. The summed E-state index contributed by atoms with van der Waals surface area (Å²) in [5, 5.41) is -0.191. The van der Waals surface area contributed by atoms with Crippen molar-refractivity contribution in [2.24, 2.45) is 10.8 Å². The highest BCUT2D eigenvalue weighted by Gasteiger charge is 2.62. The Morgan fingerprint density at radius 2 is 1.95 bits per heavy atom. The van der Waals surface area contributed by atoms with Crippen molar-refractivity contribution in [2.75, 3.05) is 0 Å². The van der Waals surface area contributed by atoms with Gasteiger partial charge in [-0.3, -0.25) is 4.79 Å². The molecule has 0 N–H and O–H groups in total. The van der Waals surface area contributed by atoms with E-state index in [1.54, 1.807) is 0 Å². The Morgan fingerprint density at radius 1 is 1.26 bits per heavy atom. The van der Waals surface area contributed by atoms with Gasteiger partial charge in [-0.05, 0) is 37.7 Å². The predicted molar refractivity (Wildman–Crippen MR) is 71.9 cm³/mol. The standard InChI is InChI=1S/C15H19ClO3/c1-13(2)7-9(17)6-10-12(18)19-14(3)4-5-15(10,13)8-11(14)16/h6,11H,4-5,7-8H2,1-3H3. The van der Waals surface area contributed by atoms with Gasteiger partial charge in [-0.2, -0.15) is 0 Å². The van der Waals surface area contributed by atoms with E-state index in [0.29, 0.717) is 18.4 Å². The maximum atomic E-state index is 12.4. The number of allylic oxidation sites excluding steroid dienone is 1. The summed E-state index contributed by atoms with van der Waals surface area (Å²) < 4.78 is 5.62. The zero-order valence-corrected chi connectivity index (χ0v) is 12.3. The Morgan fingerprint density at radius 3 is 2.58 bits per heavy atom. The van der Waals surface area contributed by atoms with Crippen LogP contribution in [0.1, 0.15) is 46.5 Å². The molecule has 2 aliphatic carbocycles. The van der Waals surface area contributed by atoms with E-state index in [0.717, 1.165) is 12.8 Å². The largest absolute Gasteiger partial charge is 0.454 e. The molecule has 4 rings (SSSR count). The first-order valence-electron chi connectivity index (χ1n) is 6.83. The molecule has 2 heterocycles. The molecule has 3 unspecified atom stereocenters. The summed E-state index contributed by atoms with van der Waals surface area (Å²) in [5.41, 5.74) is -0.589. The van der Waals surface area contributed by atoms with Crippen molar-refractivity contribution >= 4 is 23.4 Å². The number of halogens is 1. The molecule has 1 saturated carbocycles. The van der Waals surface area contributed by atoms with E-state index < -0.39 is 5.60 Å². The smallest absolute Gasteiger partial charge is 0.335 e. The van der Waals surface area contributed by atoms with Gasteiger partial charge in [0.25, 0.3) is 0 Å². The highest BCUT2D eigenvalue weighted by atomic mass is 35.5. The second-order valence-electron chi connectivity index (χ2n) is 7.04. The van der Waals surface area contributed by atoms with Crippen molar-refractivity contribution < 1.29 is 14.3 Å². The number of ketones is 1. The van der Waals surface area contributed by atoms with Crippen LogP contribution in [-0.4, -0.2) is 22.7 Å². The Kier molecular flexibility index (Phi) is 2.52. The van der Waals surface area contributed by atoms with E-state index in [4.69, 9.17) is 16.3 Å². The fourth-order valence-electron chi connectivity index (χ4n) is 4.06. The second kappa shape index (κ2) is 3.63. The van der Waals surface area contributed by atoms with Crippen LogP contribution in [0.4, 0.5) is 0 Å². The number of alkyl halides is 1. The van der Waals surface area contributed by atoms with Crippen LogP contribution in [-0.2, 0) is 14.3 Å². The molecule has 104 valence electrons. The van der Waals surface area contributed by atoms with Crippen LogP contribution in [0.3, 0.4) is 0 Å². The average molecular weight is 283 g/mol. The predicted octanol–water partition coefficient (Wildman–Crippen LogP) is 3.01. The fourth-order valence-corrected chi connectivity index (χ4v) is 4.47. The molecule has 3 nitrogen and oxygen atoms in total. The summed E-state index contributed by atoms with van der Waals surface area (Å²) in [5.74, 6) is -0.325. The lowest BCUT2D eigenvalue weighted by atomic mass is 9.51. The molecule has 2 bridgehead atoms. The minimum absolute atomic E-state index is 0.0178. The number of fused-ring (bicyclic) bond motifs is 3. The molecule has 3 fully saturated rings. The Labute approximate surface area is 118 Å². The quantitative estimate of drug-likeness (QED) is 0.507. The van der Waals surface area contributed by atoms with Gasteiger partial charge < -0.3 is 4.74 Å². The molecular formula is C15H19ClO3. The normalized spacial score (nSPS) is 44.2. The third-order valence-electron chi connectivity index (χ3n) is 5.52. The van der Waals surface area contributed by atoms with Gasteiger partial charge in [-0.25, -0.2) is 4.79 Å². The molecule has 4 heteroatoms. The molecule has 0 amide bonds. The lowest BCUT2D eigenvalue weighted by Crippen LogP contribution is -2.51. The van der Waals surface area contributed by atoms with E-state index in [1.807, 2.05) is 6.92 Å². The molecule has 0 aromatic heterocycles. The van der Waals surface area contributed by atoms with Crippen molar-refractivity contribution in [2.45, 2.75) is 57.4 Å². The molecule has 2 aliphatic heterocycles. The lowest BCUT2D eigenvalue weighted by Gasteiger charge is -2.52. The molecule has 0 aromatic carbocycles. The van der Waals surface area contributed by atoms with Gasteiger partial charge in [-0.15, -0.1) is 11.6 Å². The third kappa shape index (κ3) is 1.57. The molecule has 19 heavy (non-hydrogen) atoms. The number of esters is 1. The lowest BCUT2D eigenvalue weighted by molar-refractivity contribution is -0.152. The average Bonchev–Trinajstić information content (AvgIpc) is 2.42. The minimum Gasteiger partial charge on any atom is -0.454 e. The van der Waals surface area contributed by atoms with Crippen molar-refractivity contribution in [1.82, 2.24) is 0 Å². The molecule has 2 saturated heterocycles. The van der Waals surface area contributed by atoms with Crippen molar-refractivity contribution in [1.29, 1.82) is 0 Å². The summed E-state index contributed by atoms with van der Waals surface area (Å²) in [6.45, 7) is 6.05. The van der Waals surface area contributed by atoms with Crippen LogP contribution >= 0.6 is 11.6 Å². The Hall–Kier alpha value is -0.830. The highest BCUT2D eigenvalue weighted by Crippen LogP contribution is 2.63. The van der Waals surface area contributed by atoms with E-state index in [2.05, 4.69) is 13.8 Å². The van der Waals surface area contributed by atoms with Crippen LogP contribution < -0.4 is 0 Å². The second-order valence-corrected chi connectivity index (χ2v) is 7.57. The van der Waals surface area contributed by atoms with Crippen molar-refractivity contribution in [3.63, 3.8) is 0 Å². The van der Waals surface area contributed by atoms with Crippen LogP contribution in [0, 0.1) is 10.8 Å². The number of carbonyl (C=O) groups excluding carboxylic acids is 2. The molecule has 1 spiro atoms. The first kappa shape index (κ1) is 13.2. The van der Waals surface area contributed by atoms with Gasteiger partial charge in [0.05, 0.1) is 5.38 Å². The van der Waals surface area contributed by atoms with Gasteiger partial charge in [0.15, 0.2) is 5.78 Å². The number of hydrogen-bond acceptors (Lipinski definition) is 3. The van der Waals surface area contributed by atoms with Gasteiger partial charge in [0.2, 0.25) is 0 Å². The summed E-state index contributed by atoms with van der Waals surface area (Å²) >= 11 is 6.51. The number of ether oxygens (including phenoxy) is 1. The van der Waals surface area contributed by atoms with E-state index in [1.165, 1.54) is 6.08 Å². The maximum absolute atomic E-state index is 12.4. The number of hydrogen-bond donors (Lipinski definition) is 0. The molecule has 3 atom stereocenters. The highest BCUT2D eigenvalue weighted by molar-refractivity contribution is 6.22. The topological polar surface area (TPSA) is 43.4 Å². The van der Waals surface area contributed by atoms with E-state index in [9.17, 15) is 9.59 Å².